The van der Waals surface area contributed by atoms with E-state index in [1.165, 1.54) is 0 Å². The molecule has 1 aromatic rings. The van der Waals surface area contributed by atoms with E-state index in [4.69, 9.17) is 0 Å². The van der Waals surface area contributed by atoms with Gasteiger partial charge in [-0.3, -0.25) is 0 Å². The molecule has 26 heavy (non-hydrogen) atoms. The summed E-state index contributed by atoms with van der Waals surface area (Å²) in [6.45, 7) is 15.7. The highest BCUT2D eigenvalue weighted by Crippen LogP contribution is 2.19. The molecule has 0 N–H and O–H groups in total. The minimum absolute atomic E-state index is 0.824. The average Bonchev–Trinajstić information content (AvgIpc) is 2.64. The molecule has 0 aliphatic carbocycles. The van der Waals surface area contributed by atoms with Gasteiger partial charge in [0, 0.05) is 22.1 Å². The van der Waals surface area contributed by atoms with Crippen LogP contribution in [-0.4, -0.2) is 4.90 Å². The first-order valence-corrected chi connectivity index (χ1v) is 9.20. The molecule has 0 radical (unpaired) electrons. The van der Waals surface area contributed by atoms with Crippen molar-refractivity contribution in [2.45, 2.75) is 12.8 Å². The van der Waals surface area contributed by atoms with Crippen molar-refractivity contribution in [2.75, 3.05) is 0 Å². The van der Waals surface area contributed by atoms with Crippen molar-refractivity contribution < 1.29 is 0 Å². The zero-order chi connectivity index (χ0) is 19.2. The molecular formula is C24H26BrN. The second-order valence-electron chi connectivity index (χ2n) is 5.48. The van der Waals surface area contributed by atoms with Gasteiger partial charge in [0.25, 0.3) is 0 Å². The number of allylic oxidation sites excluding steroid dienone is 9. The Balaban J connectivity index is 3.02. The van der Waals surface area contributed by atoms with Gasteiger partial charge in [0.1, 0.15) is 0 Å². The quantitative estimate of drug-likeness (QED) is 0.270. The van der Waals surface area contributed by atoms with E-state index in [2.05, 4.69) is 60.5 Å². The zero-order valence-corrected chi connectivity index (χ0v) is 16.7. The van der Waals surface area contributed by atoms with Crippen molar-refractivity contribution in [3.63, 3.8) is 0 Å². The molecule has 0 bridgehead atoms. The van der Waals surface area contributed by atoms with Crippen LogP contribution in [-0.2, 0) is 0 Å². The van der Waals surface area contributed by atoms with Crippen molar-refractivity contribution in [1.29, 1.82) is 0 Å². The molecule has 0 aliphatic heterocycles. The fourth-order valence-corrected chi connectivity index (χ4v) is 2.28. The molecule has 134 valence electrons. The molecule has 0 saturated heterocycles. The summed E-state index contributed by atoms with van der Waals surface area (Å²) in [5.41, 5.74) is 3.08. The number of nitrogens with zero attached hydrogens (tertiary/aromatic N) is 1. The van der Waals surface area contributed by atoms with Gasteiger partial charge in [-0.15, -0.1) is 6.58 Å². The summed E-state index contributed by atoms with van der Waals surface area (Å²) in [6.07, 6.45) is 19.3. The Morgan fingerprint density at radius 2 is 1.77 bits per heavy atom. The highest BCUT2D eigenvalue weighted by atomic mass is 79.9. The second kappa shape index (κ2) is 12.7. The predicted molar refractivity (Wildman–Crippen MR) is 121 cm³/mol. The monoisotopic (exact) mass is 407 g/mol. The predicted octanol–water partition coefficient (Wildman–Crippen LogP) is 7.53. The molecule has 0 amide bonds. The lowest BCUT2D eigenvalue weighted by Crippen LogP contribution is -2.14. The molecule has 2 heteroatoms. The third-order valence-electron chi connectivity index (χ3n) is 3.44. The Morgan fingerprint density at radius 1 is 1.04 bits per heavy atom. The van der Waals surface area contributed by atoms with E-state index in [1.807, 2.05) is 71.8 Å². The molecule has 1 nitrogen and oxygen atoms in total. The number of benzene rings is 1. The maximum atomic E-state index is 4.20. The van der Waals surface area contributed by atoms with E-state index in [-0.39, 0.29) is 0 Å². The minimum Gasteiger partial charge on any atom is -0.322 e. The summed E-state index contributed by atoms with van der Waals surface area (Å²) in [6, 6.07) is 10.2. The standard InChI is InChI=1S/C24H26BrN/c1-5-7-15-22(4)26(20-12-11-14-21(3)25)24(6-2)19-13-18-23-16-9-8-10-17-23/h5-6,8-14,16-20H,1-4,7,15H2/b14-11-,18-13+,20-12+,24-19+. The van der Waals surface area contributed by atoms with Crippen LogP contribution in [0.5, 0.6) is 0 Å². The van der Waals surface area contributed by atoms with Crippen LogP contribution in [0, 0.1) is 0 Å². The molecule has 0 aliphatic rings. The molecule has 0 atom stereocenters. The Bertz CT molecular complexity index is 733. The number of hydrogen-bond donors (Lipinski definition) is 0. The molecule has 0 spiro atoms. The summed E-state index contributed by atoms with van der Waals surface area (Å²) in [5.74, 6) is 0. The van der Waals surface area contributed by atoms with Crippen LogP contribution < -0.4 is 0 Å². The smallest absolute Gasteiger partial charge is 0.0446 e. The largest absolute Gasteiger partial charge is 0.322 e. The maximum Gasteiger partial charge on any atom is 0.0446 e. The van der Waals surface area contributed by atoms with Crippen LogP contribution in [0.1, 0.15) is 18.4 Å². The molecule has 0 fully saturated rings. The molecular weight excluding hydrogens is 382 g/mol. The van der Waals surface area contributed by atoms with E-state index in [0.29, 0.717) is 0 Å². The Morgan fingerprint density at radius 3 is 2.38 bits per heavy atom. The lowest BCUT2D eigenvalue weighted by molar-refractivity contribution is 0.564. The van der Waals surface area contributed by atoms with Gasteiger partial charge >= 0.3 is 0 Å². The maximum absolute atomic E-state index is 4.20. The van der Waals surface area contributed by atoms with Crippen molar-refractivity contribution in [2.24, 2.45) is 0 Å². The number of halogens is 1. The van der Waals surface area contributed by atoms with Gasteiger partial charge in [0.2, 0.25) is 0 Å². The van der Waals surface area contributed by atoms with Gasteiger partial charge in [-0.25, -0.2) is 0 Å². The SMILES string of the molecule is C=CCCC(=C)N(/C=C/C=C\C(=C)Br)/C(C=C)=C/C=C/c1ccccc1. The van der Waals surface area contributed by atoms with E-state index in [9.17, 15) is 0 Å². The molecule has 0 aromatic heterocycles. The van der Waals surface area contributed by atoms with Crippen LogP contribution in [0.15, 0.2) is 121 Å². The van der Waals surface area contributed by atoms with Gasteiger partial charge in [0.05, 0.1) is 0 Å². The summed E-state index contributed by atoms with van der Waals surface area (Å²) in [7, 11) is 0. The number of rotatable bonds is 11. The first kappa shape index (κ1) is 21.5. The summed E-state index contributed by atoms with van der Waals surface area (Å²) < 4.78 is 0.824. The normalized spacial score (nSPS) is 12.0. The van der Waals surface area contributed by atoms with Crippen LogP contribution in [0.3, 0.4) is 0 Å². The van der Waals surface area contributed by atoms with Crippen molar-refractivity contribution in [1.82, 2.24) is 4.90 Å². The van der Waals surface area contributed by atoms with Gasteiger partial charge in [-0.05, 0) is 42.7 Å². The second-order valence-corrected chi connectivity index (χ2v) is 6.50. The fourth-order valence-electron chi connectivity index (χ4n) is 2.13. The first-order valence-electron chi connectivity index (χ1n) is 8.41. The van der Waals surface area contributed by atoms with Crippen molar-refractivity contribution >= 4 is 22.0 Å². The third kappa shape index (κ3) is 8.50. The zero-order valence-electron chi connectivity index (χ0n) is 15.2. The van der Waals surface area contributed by atoms with Gasteiger partial charge in [-0.2, -0.15) is 0 Å². The van der Waals surface area contributed by atoms with Crippen LogP contribution >= 0.6 is 15.9 Å². The highest BCUT2D eigenvalue weighted by molar-refractivity contribution is 9.11. The number of hydrogen-bond acceptors (Lipinski definition) is 1. The Hall–Kier alpha value is -2.58. The van der Waals surface area contributed by atoms with Gasteiger partial charge in [-0.1, -0.05) is 90.3 Å². The van der Waals surface area contributed by atoms with E-state index in [1.54, 1.807) is 0 Å². The van der Waals surface area contributed by atoms with E-state index in [0.717, 1.165) is 34.3 Å². The Kier molecular flexibility index (Phi) is 10.5. The summed E-state index contributed by atoms with van der Waals surface area (Å²) in [4.78, 5) is 2.03. The summed E-state index contributed by atoms with van der Waals surface area (Å²) >= 11 is 3.31. The fraction of sp³-hybridized carbons (Fsp3) is 0.0833. The first-order chi connectivity index (χ1) is 12.6. The molecule has 1 aromatic carbocycles. The van der Waals surface area contributed by atoms with Crippen molar-refractivity contribution in [3.8, 4) is 0 Å². The summed E-state index contributed by atoms with van der Waals surface area (Å²) in [5, 5.41) is 0. The highest BCUT2D eigenvalue weighted by Gasteiger charge is 2.06. The van der Waals surface area contributed by atoms with Crippen molar-refractivity contribution in [3.05, 3.63) is 127 Å². The molecule has 0 unspecified atom stereocenters. The lowest BCUT2D eigenvalue weighted by atomic mass is 10.2. The van der Waals surface area contributed by atoms with Crippen LogP contribution in [0.25, 0.3) is 6.08 Å². The lowest BCUT2D eigenvalue weighted by Gasteiger charge is -2.23. The van der Waals surface area contributed by atoms with E-state index < -0.39 is 0 Å². The van der Waals surface area contributed by atoms with Crippen LogP contribution in [0.4, 0.5) is 0 Å². The molecule has 0 saturated carbocycles. The van der Waals surface area contributed by atoms with Gasteiger partial charge < -0.3 is 4.90 Å². The third-order valence-corrected chi connectivity index (χ3v) is 3.71. The van der Waals surface area contributed by atoms with Gasteiger partial charge in [0.15, 0.2) is 0 Å². The topological polar surface area (TPSA) is 3.24 Å². The average molecular weight is 408 g/mol. The Labute approximate surface area is 166 Å². The minimum atomic E-state index is 0.824. The van der Waals surface area contributed by atoms with E-state index >= 15 is 0 Å². The van der Waals surface area contributed by atoms with Crippen LogP contribution in [0.2, 0.25) is 0 Å². The molecule has 0 heterocycles. The molecule has 1 rings (SSSR count).